The van der Waals surface area contributed by atoms with Crippen LogP contribution in [0, 0.1) is 11.3 Å². The zero-order valence-corrected chi connectivity index (χ0v) is 9.97. The Morgan fingerprint density at radius 3 is 2.71 bits per heavy atom. The van der Waals surface area contributed by atoms with E-state index < -0.39 is 0 Å². The van der Waals surface area contributed by atoms with Crippen LogP contribution < -0.4 is 5.32 Å². The average molecular weight is 195 g/mol. The van der Waals surface area contributed by atoms with Gasteiger partial charge in [0.25, 0.3) is 0 Å². The van der Waals surface area contributed by atoms with Gasteiger partial charge in [-0.05, 0) is 37.0 Å². The number of nitrogens with one attached hydrogen (secondary N) is 1. The summed E-state index contributed by atoms with van der Waals surface area (Å²) in [6.07, 6.45) is 8.46. The van der Waals surface area contributed by atoms with Crippen LogP contribution in [0.2, 0.25) is 0 Å². The topological polar surface area (TPSA) is 12.0 Å². The summed E-state index contributed by atoms with van der Waals surface area (Å²) in [5.74, 6) is 1.00. The number of hydrogen-bond acceptors (Lipinski definition) is 1. The Morgan fingerprint density at radius 2 is 2.14 bits per heavy atom. The first-order valence-corrected chi connectivity index (χ1v) is 6.37. The Balaban J connectivity index is 1.76. The van der Waals surface area contributed by atoms with Crippen molar-refractivity contribution >= 4 is 0 Å². The Labute approximate surface area is 88.7 Å². The summed E-state index contributed by atoms with van der Waals surface area (Å²) in [5, 5.41) is 3.85. The van der Waals surface area contributed by atoms with Crippen LogP contribution >= 0.6 is 0 Å². The molecule has 82 valence electrons. The van der Waals surface area contributed by atoms with Crippen LogP contribution in [0.1, 0.15) is 59.3 Å². The van der Waals surface area contributed by atoms with Crippen molar-refractivity contribution in [2.75, 3.05) is 0 Å². The molecule has 0 aliphatic heterocycles. The molecule has 2 aliphatic carbocycles. The highest BCUT2D eigenvalue weighted by Crippen LogP contribution is 2.39. The van der Waals surface area contributed by atoms with Crippen molar-refractivity contribution < 1.29 is 0 Å². The van der Waals surface area contributed by atoms with Gasteiger partial charge in [0.1, 0.15) is 0 Å². The summed E-state index contributed by atoms with van der Waals surface area (Å²) in [4.78, 5) is 0. The monoisotopic (exact) mass is 195 g/mol. The first kappa shape index (κ1) is 10.5. The van der Waals surface area contributed by atoms with Crippen molar-refractivity contribution in [1.82, 2.24) is 5.32 Å². The molecule has 2 saturated carbocycles. The molecule has 3 unspecified atom stereocenters. The summed E-state index contributed by atoms with van der Waals surface area (Å²) in [6.45, 7) is 7.16. The third-order valence-electron chi connectivity index (χ3n) is 4.10. The van der Waals surface area contributed by atoms with E-state index in [1.807, 2.05) is 0 Å². The second-order valence-electron chi connectivity index (χ2n) is 6.13. The first-order valence-electron chi connectivity index (χ1n) is 6.37. The molecule has 14 heavy (non-hydrogen) atoms. The van der Waals surface area contributed by atoms with Gasteiger partial charge in [0.2, 0.25) is 0 Å². The lowest BCUT2D eigenvalue weighted by molar-refractivity contribution is 0.196. The van der Waals surface area contributed by atoms with E-state index in [1.54, 1.807) is 0 Å². The van der Waals surface area contributed by atoms with E-state index in [1.165, 1.54) is 38.5 Å². The summed E-state index contributed by atoms with van der Waals surface area (Å²) < 4.78 is 0. The maximum atomic E-state index is 3.85. The molecule has 1 N–H and O–H groups in total. The number of rotatable bonds is 3. The highest BCUT2D eigenvalue weighted by molar-refractivity contribution is 4.95. The fourth-order valence-electron chi connectivity index (χ4n) is 3.05. The molecular weight excluding hydrogens is 170 g/mol. The Morgan fingerprint density at radius 1 is 1.36 bits per heavy atom. The molecule has 0 amide bonds. The lowest BCUT2D eigenvalue weighted by Crippen LogP contribution is -2.38. The van der Waals surface area contributed by atoms with E-state index in [9.17, 15) is 0 Å². The van der Waals surface area contributed by atoms with Crippen LogP contribution in [0.3, 0.4) is 0 Å². The second-order valence-corrected chi connectivity index (χ2v) is 6.13. The third kappa shape index (κ3) is 2.50. The maximum Gasteiger partial charge on any atom is 0.0102 e. The van der Waals surface area contributed by atoms with Crippen LogP contribution in [-0.2, 0) is 0 Å². The van der Waals surface area contributed by atoms with Crippen molar-refractivity contribution in [2.45, 2.75) is 71.4 Å². The fourth-order valence-corrected chi connectivity index (χ4v) is 3.05. The fraction of sp³-hybridized carbons (Fsp3) is 1.00. The van der Waals surface area contributed by atoms with E-state index in [2.05, 4.69) is 26.1 Å². The predicted molar refractivity (Wildman–Crippen MR) is 61.4 cm³/mol. The van der Waals surface area contributed by atoms with Crippen molar-refractivity contribution in [3.05, 3.63) is 0 Å². The minimum absolute atomic E-state index is 0.590. The molecule has 0 bridgehead atoms. The molecule has 0 spiro atoms. The SMILES string of the molecule is CCC1CC1NC1CCCC(C)(C)C1. The van der Waals surface area contributed by atoms with Gasteiger partial charge >= 0.3 is 0 Å². The van der Waals surface area contributed by atoms with E-state index in [-0.39, 0.29) is 0 Å². The normalized spacial score (nSPS) is 40.9. The van der Waals surface area contributed by atoms with Crippen LogP contribution in [0.4, 0.5) is 0 Å². The van der Waals surface area contributed by atoms with Crippen LogP contribution in [0.5, 0.6) is 0 Å². The lowest BCUT2D eigenvalue weighted by atomic mass is 9.75. The predicted octanol–water partition coefficient (Wildman–Crippen LogP) is 3.34. The van der Waals surface area contributed by atoms with Gasteiger partial charge in [0.15, 0.2) is 0 Å². The van der Waals surface area contributed by atoms with Gasteiger partial charge in [0, 0.05) is 12.1 Å². The highest BCUT2D eigenvalue weighted by atomic mass is 15.0. The minimum atomic E-state index is 0.590. The van der Waals surface area contributed by atoms with Crippen LogP contribution in [0.15, 0.2) is 0 Å². The second kappa shape index (κ2) is 3.84. The van der Waals surface area contributed by atoms with E-state index in [4.69, 9.17) is 0 Å². The standard InChI is InChI=1S/C13H25N/c1-4-10-8-12(10)14-11-6-5-7-13(2,3)9-11/h10-12,14H,4-9H2,1-3H3. The van der Waals surface area contributed by atoms with Crippen molar-refractivity contribution in [3.8, 4) is 0 Å². The zero-order valence-electron chi connectivity index (χ0n) is 9.97. The molecular formula is C13H25N. The Kier molecular flexibility index (Phi) is 2.88. The van der Waals surface area contributed by atoms with Gasteiger partial charge < -0.3 is 5.32 Å². The first-order chi connectivity index (χ1) is 6.61. The van der Waals surface area contributed by atoms with Crippen LogP contribution in [-0.4, -0.2) is 12.1 Å². The van der Waals surface area contributed by atoms with Gasteiger partial charge in [-0.1, -0.05) is 33.6 Å². The molecule has 2 rings (SSSR count). The highest BCUT2D eigenvalue weighted by Gasteiger charge is 2.38. The number of hydrogen-bond donors (Lipinski definition) is 1. The van der Waals surface area contributed by atoms with Crippen molar-refractivity contribution in [2.24, 2.45) is 11.3 Å². The minimum Gasteiger partial charge on any atom is -0.311 e. The van der Waals surface area contributed by atoms with Gasteiger partial charge in [-0.25, -0.2) is 0 Å². The molecule has 0 heterocycles. The summed E-state index contributed by atoms with van der Waals surface area (Å²) in [7, 11) is 0. The molecule has 1 heteroatoms. The smallest absolute Gasteiger partial charge is 0.0102 e. The zero-order chi connectivity index (χ0) is 10.2. The van der Waals surface area contributed by atoms with Gasteiger partial charge in [-0.2, -0.15) is 0 Å². The van der Waals surface area contributed by atoms with Crippen molar-refractivity contribution in [1.29, 1.82) is 0 Å². The molecule has 2 aliphatic rings. The van der Waals surface area contributed by atoms with E-state index in [0.717, 1.165) is 18.0 Å². The van der Waals surface area contributed by atoms with E-state index >= 15 is 0 Å². The molecule has 0 saturated heterocycles. The molecule has 0 aromatic rings. The molecule has 0 radical (unpaired) electrons. The average Bonchev–Trinajstić information content (AvgIpc) is 2.81. The Bertz CT molecular complexity index is 197. The van der Waals surface area contributed by atoms with Gasteiger partial charge in [0.05, 0.1) is 0 Å². The quantitative estimate of drug-likeness (QED) is 0.728. The van der Waals surface area contributed by atoms with Gasteiger partial charge in [-0.15, -0.1) is 0 Å². The van der Waals surface area contributed by atoms with Gasteiger partial charge in [-0.3, -0.25) is 0 Å². The maximum absolute atomic E-state index is 3.85. The third-order valence-corrected chi connectivity index (χ3v) is 4.10. The Hall–Kier alpha value is -0.0400. The largest absolute Gasteiger partial charge is 0.311 e. The molecule has 0 aromatic heterocycles. The van der Waals surface area contributed by atoms with Crippen LogP contribution in [0.25, 0.3) is 0 Å². The molecule has 0 aromatic carbocycles. The summed E-state index contributed by atoms with van der Waals surface area (Å²) in [5.41, 5.74) is 0.590. The van der Waals surface area contributed by atoms with Crippen molar-refractivity contribution in [3.63, 3.8) is 0 Å². The lowest BCUT2D eigenvalue weighted by Gasteiger charge is -2.35. The van der Waals surface area contributed by atoms with E-state index in [0.29, 0.717) is 5.41 Å². The molecule has 3 atom stereocenters. The summed E-state index contributed by atoms with van der Waals surface area (Å²) in [6, 6.07) is 1.69. The molecule has 2 fully saturated rings. The summed E-state index contributed by atoms with van der Waals surface area (Å²) >= 11 is 0. The molecule has 1 nitrogen and oxygen atoms in total.